The van der Waals surface area contributed by atoms with E-state index in [1.54, 1.807) is 21.3 Å². The molecule has 0 aliphatic carbocycles. The second-order valence-corrected chi connectivity index (χ2v) is 15.7. The number of hydrogen-bond acceptors (Lipinski definition) is 5. The Hall–Kier alpha value is -6.59. The van der Waals surface area contributed by atoms with Crippen LogP contribution in [0.1, 0.15) is 39.2 Å². The molecule has 4 aliphatic rings. The Kier molecular flexibility index (Phi) is 8.25. The maximum Gasteiger partial charge on any atom is 0.558 e. The van der Waals surface area contributed by atoms with Crippen LogP contribution in [-0.2, 0) is 0 Å². The number of ether oxygens (including phenoxy) is 3. The summed E-state index contributed by atoms with van der Waals surface area (Å²) in [6, 6.07) is 42.9. The number of benzene rings is 4. The molecule has 0 atom stereocenters. The molecule has 0 radical (unpaired) electrons. The van der Waals surface area contributed by atoms with Crippen molar-refractivity contribution in [3.05, 3.63) is 207 Å². The molecule has 6 aromatic rings. The van der Waals surface area contributed by atoms with Crippen molar-refractivity contribution >= 4 is 49.4 Å². The third kappa shape index (κ3) is 5.57. The van der Waals surface area contributed by atoms with Crippen molar-refractivity contribution in [1.29, 1.82) is 0 Å². The number of allylic oxidation sites excluding steroid dienone is 4. The van der Waals surface area contributed by atoms with Crippen molar-refractivity contribution in [2.45, 2.75) is 6.92 Å². The third-order valence-electron chi connectivity index (χ3n) is 11.0. The third-order valence-corrected chi connectivity index (χ3v) is 13.0. The number of aryl methyl sites for hydroxylation is 1. The summed E-state index contributed by atoms with van der Waals surface area (Å²) in [5, 5.41) is 2.24. The van der Waals surface area contributed by atoms with E-state index in [0.29, 0.717) is 0 Å². The van der Waals surface area contributed by atoms with Gasteiger partial charge in [-0.25, -0.2) is 9.98 Å². The van der Waals surface area contributed by atoms with E-state index in [0.717, 1.165) is 107 Å². The lowest BCUT2D eigenvalue weighted by atomic mass is 9.99. The maximum absolute atomic E-state index is 5.60. The van der Waals surface area contributed by atoms with E-state index in [4.69, 9.17) is 24.2 Å². The van der Waals surface area contributed by atoms with E-state index in [1.165, 1.54) is 5.56 Å². The lowest BCUT2D eigenvalue weighted by Crippen LogP contribution is -2.40. The molecule has 10 rings (SSSR count). The Morgan fingerprint density at radius 1 is 0.411 bits per heavy atom. The van der Waals surface area contributed by atoms with Gasteiger partial charge in [-0.3, -0.25) is 0 Å². The second-order valence-electron chi connectivity index (χ2n) is 14.2. The van der Waals surface area contributed by atoms with Crippen LogP contribution in [0.15, 0.2) is 167 Å². The van der Waals surface area contributed by atoms with Crippen LogP contribution in [0, 0.1) is 6.92 Å². The van der Waals surface area contributed by atoms with Gasteiger partial charge in [-0.15, -0.1) is 0 Å². The fourth-order valence-corrected chi connectivity index (χ4v) is 10.2. The molecule has 56 heavy (non-hydrogen) atoms. The number of methoxy groups -OCH3 is 3. The molecule has 2 aromatic heterocycles. The van der Waals surface area contributed by atoms with Gasteiger partial charge in [-0.2, -0.15) is 0 Å². The number of rotatable bonds is 7. The number of hydrogen-bond donors (Lipinski definition) is 0. The van der Waals surface area contributed by atoms with Crippen LogP contribution in [-0.4, -0.2) is 55.5 Å². The lowest BCUT2D eigenvalue weighted by Gasteiger charge is -2.22. The van der Waals surface area contributed by atoms with Gasteiger partial charge in [0.25, 0.3) is 0 Å². The predicted octanol–water partition coefficient (Wildman–Crippen LogP) is 7.25. The van der Waals surface area contributed by atoms with Crippen molar-refractivity contribution in [2.24, 2.45) is 9.98 Å². The van der Waals surface area contributed by atoms with Gasteiger partial charge in [-0.1, -0.05) is 66.2 Å². The van der Waals surface area contributed by atoms with Gasteiger partial charge < -0.3 is 21.3 Å². The van der Waals surface area contributed by atoms with Gasteiger partial charge in [0.1, 0.15) is 17.2 Å². The zero-order chi connectivity index (χ0) is 37.9. The van der Waals surface area contributed by atoms with E-state index < -0.39 is 15.7 Å². The first kappa shape index (κ1) is 33.9. The molecule has 8 heteroatoms. The summed E-state index contributed by atoms with van der Waals surface area (Å²) in [5.41, 5.74) is 15.7. The molecule has 6 bridgehead atoms. The topological polar surface area (TPSA) is 62.3 Å². The van der Waals surface area contributed by atoms with Crippen LogP contribution < -0.4 is 24.9 Å². The first-order chi connectivity index (χ1) is 27.5. The first-order valence-electron chi connectivity index (χ1n) is 18.7. The summed E-state index contributed by atoms with van der Waals surface area (Å²) in [5.74, 6) is 2.43. The number of aromatic nitrogens is 2. The van der Waals surface area contributed by atoms with E-state index in [-0.39, 0.29) is 0 Å². The van der Waals surface area contributed by atoms with Crippen molar-refractivity contribution in [2.75, 3.05) is 21.3 Å². The Labute approximate surface area is 331 Å². The van der Waals surface area contributed by atoms with Crippen LogP contribution in [0.25, 0.3) is 22.3 Å². The first-order valence-corrected chi connectivity index (χ1v) is 20.0. The molecule has 4 aromatic carbocycles. The molecule has 4 aliphatic heterocycles. The summed E-state index contributed by atoms with van der Waals surface area (Å²) >= 11 is -1.40. The molecule has 7 nitrogen and oxygen atoms in total. The molecule has 0 saturated carbocycles. The predicted molar refractivity (Wildman–Crippen MR) is 226 cm³/mol. The minimum absolute atomic E-state index is 0.807. The summed E-state index contributed by atoms with van der Waals surface area (Å²) in [6.07, 6.45) is 8.68. The van der Waals surface area contributed by atoms with Crippen LogP contribution in [0.4, 0.5) is 0 Å². The monoisotopic (exact) mass is 744 g/mol. The highest BCUT2D eigenvalue weighted by atomic mass is 27.1. The highest BCUT2D eigenvalue weighted by Gasteiger charge is 2.29. The van der Waals surface area contributed by atoms with Gasteiger partial charge in [0, 0.05) is 44.4 Å². The largest absolute Gasteiger partial charge is 0.558 e. The minimum atomic E-state index is -1.40. The average Bonchev–Trinajstić information content (AvgIpc) is 4.07. The van der Waals surface area contributed by atoms with Gasteiger partial charge >= 0.3 is 15.7 Å². The zero-order valence-corrected chi connectivity index (χ0v) is 33.0. The molecule has 270 valence electrons. The number of nitrogens with zero attached hydrogens (tertiary/aromatic N) is 4. The number of fused-ring (bicyclic) bond motifs is 2. The van der Waals surface area contributed by atoms with Crippen LogP contribution in [0.5, 0.6) is 17.2 Å². The van der Waals surface area contributed by atoms with Crippen LogP contribution >= 0.6 is 0 Å². The highest BCUT2D eigenvalue weighted by Crippen LogP contribution is 2.39. The highest BCUT2D eigenvalue weighted by molar-refractivity contribution is 6.37. The van der Waals surface area contributed by atoms with Gasteiger partial charge in [0.2, 0.25) is 0 Å². The van der Waals surface area contributed by atoms with Crippen LogP contribution in [0.2, 0.25) is 0 Å². The Morgan fingerprint density at radius 2 is 0.786 bits per heavy atom. The van der Waals surface area contributed by atoms with Crippen molar-refractivity contribution in [3.8, 4) is 17.2 Å². The maximum atomic E-state index is 5.60. The molecule has 0 amide bonds. The van der Waals surface area contributed by atoms with E-state index in [1.807, 2.05) is 36.4 Å². The summed E-state index contributed by atoms with van der Waals surface area (Å²) < 4.78 is 22.0. The Bertz CT molecular complexity index is 2890. The fourth-order valence-electron chi connectivity index (χ4n) is 8.24. The van der Waals surface area contributed by atoms with Gasteiger partial charge in [0.05, 0.1) is 44.1 Å². The Balaban J connectivity index is 1.38. The second kappa shape index (κ2) is 13.6. The zero-order valence-electron chi connectivity index (χ0n) is 31.6. The molecule has 6 heterocycles. The SMILES string of the molecule is COc1ccc(C2=C3C=CC(=N3)C(c3ccc(C)cc3)=c3ccc4[n]3[AlH][n]3c2ccc3C(c2ccc(OC)cc2)=C2C=CC(=N2)C=4c2ccc(OC)cc2)cc1. The van der Waals surface area contributed by atoms with E-state index in [9.17, 15) is 0 Å². The normalized spacial score (nSPS) is 15.1. The van der Waals surface area contributed by atoms with E-state index >= 15 is 0 Å². The molecular weight excluding hydrogens is 708 g/mol. The van der Waals surface area contributed by atoms with Crippen molar-refractivity contribution in [1.82, 2.24) is 7.10 Å². The smallest absolute Gasteiger partial charge is 0.497 e. The van der Waals surface area contributed by atoms with E-state index in [2.05, 4.69) is 123 Å². The quantitative estimate of drug-likeness (QED) is 0.162. The molecule has 0 spiro atoms. The summed E-state index contributed by atoms with van der Waals surface area (Å²) in [6.45, 7) is 2.13. The molecule has 0 N–H and O–H groups in total. The molecule has 0 saturated heterocycles. The van der Waals surface area contributed by atoms with Crippen molar-refractivity contribution < 1.29 is 14.2 Å². The Morgan fingerprint density at radius 3 is 1.18 bits per heavy atom. The number of aliphatic imine (C=N–C) groups is 2. The van der Waals surface area contributed by atoms with Gasteiger partial charge in [0.15, 0.2) is 0 Å². The molecular formula is C48H37AlN4O3. The van der Waals surface area contributed by atoms with Crippen molar-refractivity contribution in [3.63, 3.8) is 0 Å². The minimum Gasteiger partial charge on any atom is -0.497 e. The summed E-state index contributed by atoms with van der Waals surface area (Å²) in [7, 11) is 5.11. The average molecular weight is 745 g/mol. The molecule has 0 fully saturated rings. The standard InChI is InChI=1S/C48H36N4O3.Al.H/c1-29-5-7-30(8-6-29)45-37-21-23-39(49-37)46(31-9-15-34(53-2)16-10-31)41-25-27-43(51-41)48(33-13-19-36(55-4)20-14-33)44-28-26-42(52-44)47(40-24-22-38(45)50-40)32-11-17-35(54-3)18-12-32;;/h5-28H,1-4H3;;/q-2;+2;. The molecule has 0 unspecified atom stereocenters. The summed E-state index contributed by atoms with van der Waals surface area (Å²) in [4.78, 5) is 11.0. The fraction of sp³-hybridized carbons (Fsp3) is 0.0833. The lowest BCUT2D eigenvalue weighted by molar-refractivity contribution is 0.414. The van der Waals surface area contributed by atoms with Gasteiger partial charge in [-0.05, 0) is 114 Å². The van der Waals surface area contributed by atoms with Crippen LogP contribution in [0.3, 0.4) is 0 Å².